The molecule has 8 heteroatoms. The fourth-order valence-corrected chi connectivity index (χ4v) is 4.35. The minimum Gasteiger partial charge on any atom is -0.360 e. The number of aromatic nitrogens is 1. The summed E-state index contributed by atoms with van der Waals surface area (Å²) < 4.78 is 19.2. The van der Waals surface area contributed by atoms with Crippen LogP contribution in [0.5, 0.6) is 0 Å². The van der Waals surface area contributed by atoms with Gasteiger partial charge in [-0.3, -0.25) is 14.7 Å². The maximum atomic E-state index is 13.9. The van der Waals surface area contributed by atoms with E-state index in [-0.39, 0.29) is 11.7 Å². The fraction of sp³-hybridized carbons (Fsp3) is 0.190. The summed E-state index contributed by atoms with van der Waals surface area (Å²) in [5.74, 6) is 0.272. The number of benzene rings is 2. The molecule has 0 N–H and O–H groups in total. The van der Waals surface area contributed by atoms with Gasteiger partial charge in [0.1, 0.15) is 22.8 Å². The Morgan fingerprint density at radius 3 is 2.79 bits per heavy atom. The quantitative estimate of drug-likeness (QED) is 0.572. The summed E-state index contributed by atoms with van der Waals surface area (Å²) in [5.41, 5.74) is 1.96. The molecule has 0 aliphatic carbocycles. The van der Waals surface area contributed by atoms with Gasteiger partial charge >= 0.3 is 0 Å². The van der Waals surface area contributed by atoms with Gasteiger partial charge in [0.15, 0.2) is 5.17 Å². The van der Waals surface area contributed by atoms with Gasteiger partial charge in [0.25, 0.3) is 5.91 Å². The zero-order chi connectivity index (χ0) is 20.4. The first-order valence-corrected chi connectivity index (χ1v) is 10.4. The molecule has 2 heterocycles. The van der Waals surface area contributed by atoms with Crippen LogP contribution in [0.15, 0.2) is 58.0 Å². The summed E-state index contributed by atoms with van der Waals surface area (Å²) in [6.45, 7) is 2.64. The molecule has 0 spiro atoms. The molecule has 0 saturated carbocycles. The number of aliphatic imine (C=N–C) groups is 1. The molecular formula is C21H17ClFN3O2S. The first-order valence-electron chi connectivity index (χ1n) is 9.00. The van der Waals surface area contributed by atoms with Crippen LogP contribution >= 0.6 is 23.4 Å². The molecule has 0 fully saturated rings. The summed E-state index contributed by atoms with van der Waals surface area (Å²) in [6.07, 6.45) is 0. The lowest BCUT2D eigenvalue weighted by Gasteiger charge is -2.18. The number of hydrogen-bond acceptors (Lipinski definition) is 5. The van der Waals surface area contributed by atoms with E-state index in [1.54, 1.807) is 42.2 Å². The zero-order valence-electron chi connectivity index (χ0n) is 15.6. The number of halogens is 2. The minimum absolute atomic E-state index is 0.254. The predicted octanol–water partition coefficient (Wildman–Crippen LogP) is 5.19. The van der Waals surface area contributed by atoms with Crippen LogP contribution < -0.4 is 0 Å². The van der Waals surface area contributed by atoms with E-state index >= 15 is 0 Å². The predicted molar refractivity (Wildman–Crippen MR) is 113 cm³/mol. The fourth-order valence-electron chi connectivity index (χ4n) is 3.09. The number of aryl methyl sites for hydroxylation is 1. The molecule has 3 aromatic rings. The first-order chi connectivity index (χ1) is 14.1. The highest BCUT2D eigenvalue weighted by molar-refractivity contribution is 8.13. The van der Waals surface area contributed by atoms with Crippen molar-refractivity contribution in [2.24, 2.45) is 4.99 Å². The van der Waals surface area contributed by atoms with E-state index < -0.39 is 0 Å². The Hall–Kier alpha value is -2.64. The van der Waals surface area contributed by atoms with Crippen molar-refractivity contribution in [3.63, 3.8) is 0 Å². The lowest BCUT2D eigenvalue weighted by Crippen LogP contribution is -2.33. The van der Waals surface area contributed by atoms with Crippen molar-refractivity contribution < 1.29 is 13.7 Å². The van der Waals surface area contributed by atoms with Crippen molar-refractivity contribution >= 4 is 34.4 Å². The Labute approximate surface area is 176 Å². The Balaban J connectivity index is 1.59. The molecule has 1 aliphatic rings. The largest absolute Gasteiger partial charge is 0.360 e. The molecule has 1 amide bonds. The highest BCUT2D eigenvalue weighted by Crippen LogP contribution is 2.33. The number of amides is 1. The second kappa shape index (κ2) is 8.39. The smallest absolute Gasteiger partial charge is 0.265 e. The van der Waals surface area contributed by atoms with Crippen LogP contribution in [0.1, 0.15) is 21.7 Å². The lowest BCUT2D eigenvalue weighted by atomic mass is 10.1. The van der Waals surface area contributed by atoms with Crippen molar-refractivity contribution in [2.45, 2.75) is 12.7 Å². The van der Waals surface area contributed by atoms with Crippen LogP contribution in [0.25, 0.3) is 11.3 Å². The van der Waals surface area contributed by atoms with Crippen molar-refractivity contribution in [3.05, 3.63) is 76.3 Å². The van der Waals surface area contributed by atoms with Crippen molar-refractivity contribution in [1.29, 1.82) is 0 Å². The average Bonchev–Trinajstić information content (AvgIpc) is 3.34. The number of rotatable bonds is 4. The summed E-state index contributed by atoms with van der Waals surface area (Å²) in [6, 6.07) is 13.8. The Bertz CT molecular complexity index is 1100. The monoisotopic (exact) mass is 429 g/mol. The highest BCUT2D eigenvalue weighted by atomic mass is 35.5. The summed E-state index contributed by atoms with van der Waals surface area (Å²) in [4.78, 5) is 19.4. The standard InChI is InChI=1S/C21H17ClFN3O2S/c1-13-18(19(25-28-13)15-7-3-4-8-16(15)22)20(27)26-11-10-24-21(26)29-12-14-6-2-5-9-17(14)23/h2-9H,10-12H2,1H3. The van der Waals surface area contributed by atoms with Gasteiger partial charge < -0.3 is 4.52 Å². The maximum absolute atomic E-state index is 13.9. The Morgan fingerprint density at radius 1 is 1.24 bits per heavy atom. The number of amidine groups is 1. The number of carbonyl (C=O) groups excluding carboxylic acids is 1. The molecule has 0 saturated heterocycles. The third-order valence-corrected chi connectivity index (χ3v) is 5.96. The number of nitrogens with zero attached hydrogens (tertiary/aromatic N) is 3. The van der Waals surface area contributed by atoms with E-state index in [2.05, 4.69) is 10.1 Å². The lowest BCUT2D eigenvalue weighted by molar-refractivity contribution is 0.0859. The number of hydrogen-bond donors (Lipinski definition) is 0. The van der Waals surface area contributed by atoms with E-state index in [1.807, 2.05) is 12.1 Å². The minimum atomic E-state index is -0.271. The van der Waals surface area contributed by atoms with Gasteiger partial charge in [0, 0.05) is 17.9 Å². The van der Waals surface area contributed by atoms with E-state index in [9.17, 15) is 9.18 Å². The molecule has 4 rings (SSSR count). The number of carbonyl (C=O) groups is 1. The van der Waals surface area contributed by atoms with Gasteiger partial charge in [-0.1, -0.05) is 64.9 Å². The molecule has 0 bridgehead atoms. The van der Waals surface area contributed by atoms with Crippen LogP contribution in [0.2, 0.25) is 5.02 Å². The molecule has 1 aromatic heterocycles. The molecule has 1 aliphatic heterocycles. The van der Waals surface area contributed by atoms with Gasteiger partial charge in [-0.15, -0.1) is 0 Å². The number of thioether (sulfide) groups is 1. The first kappa shape index (κ1) is 19.7. The van der Waals surface area contributed by atoms with Gasteiger partial charge in [-0.05, 0) is 24.6 Å². The maximum Gasteiger partial charge on any atom is 0.265 e. The molecule has 5 nitrogen and oxygen atoms in total. The van der Waals surface area contributed by atoms with Crippen molar-refractivity contribution in [1.82, 2.24) is 10.1 Å². The van der Waals surface area contributed by atoms with Crippen LogP contribution in [0.4, 0.5) is 4.39 Å². The second-order valence-electron chi connectivity index (χ2n) is 6.44. The average molecular weight is 430 g/mol. The summed E-state index contributed by atoms with van der Waals surface area (Å²) in [7, 11) is 0. The van der Waals surface area contributed by atoms with E-state index in [1.165, 1.54) is 17.8 Å². The third kappa shape index (κ3) is 3.93. The molecule has 148 valence electrons. The van der Waals surface area contributed by atoms with Crippen molar-refractivity contribution in [3.8, 4) is 11.3 Å². The molecule has 29 heavy (non-hydrogen) atoms. The van der Waals surface area contributed by atoms with E-state index in [4.69, 9.17) is 16.1 Å². The molecular weight excluding hydrogens is 413 g/mol. The van der Waals surface area contributed by atoms with Gasteiger partial charge in [0.2, 0.25) is 0 Å². The van der Waals surface area contributed by atoms with E-state index in [0.717, 1.165) is 0 Å². The van der Waals surface area contributed by atoms with Crippen molar-refractivity contribution in [2.75, 3.05) is 13.1 Å². The normalized spacial score (nSPS) is 13.6. The van der Waals surface area contributed by atoms with E-state index in [0.29, 0.717) is 57.2 Å². The molecule has 0 radical (unpaired) electrons. The third-order valence-electron chi connectivity index (χ3n) is 4.57. The van der Waals surface area contributed by atoms with Gasteiger partial charge in [0.05, 0.1) is 11.6 Å². The zero-order valence-corrected chi connectivity index (χ0v) is 17.1. The second-order valence-corrected chi connectivity index (χ2v) is 7.79. The van der Waals surface area contributed by atoms with Crippen LogP contribution in [-0.2, 0) is 5.75 Å². The molecule has 2 aromatic carbocycles. The highest BCUT2D eigenvalue weighted by Gasteiger charge is 2.31. The Morgan fingerprint density at radius 2 is 2.00 bits per heavy atom. The summed E-state index contributed by atoms with van der Waals surface area (Å²) in [5, 5.41) is 5.11. The van der Waals surface area contributed by atoms with Crippen LogP contribution in [0, 0.1) is 12.7 Å². The molecule has 0 unspecified atom stereocenters. The SMILES string of the molecule is Cc1onc(-c2ccccc2Cl)c1C(=O)N1CCN=C1SCc1ccccc1F. The summed E-state index contributed by atoms with van der Waals surface area (Å²) >= 11 is 7.63. The van der Waals surface area contributed by atoms with Gasteiger partial charge in [-0.25, -0.2) is 4.39 Å². The molecule has 0 atom stereocenters. The van der Waals surface area contributed by atoms with Gasteiger partial charge in [-0.2, -0.15) is 0 Å². The van der Waals surface area contributed by atoms with Crippen LogP contribution in [-0.4, -0.2) is 34.2 Å². The van der Waals surface area contributed by atoms with Crippen LogP contribution in [0.3, 0.4) is 0 Å². The Kier molecular flexibility index (Phi) is 5.69. The topological polar surface area (TPSA) is 58.7 Å².